The molecule has 306 valence electrons. The number of hydrogen-bond donors (Lipinski definition) is 0. The van der Waals surface area contributed by atoms with Crippen LogP contribution < -0.4 is 4.74 Å². The van der Waals surface area contributed by atoms with E-state index in [9.17, 15) is 0 Å². The zero-order chi connectivity index (χ0) is 42.3. The molecule has 3 aliphatic rings. The first-order chi connectivity index (χ1) is 32.2. The molecule has 0 amide bonds. The number of hydrogen-bond acceptors (Lipinski definition) is 3. The quantitative estimate of drug-likeness (QED) is 0.177. The number of rotatable bonds is 4. The summed E-state index contributed by atoms with van der Waals surface area (Å²) < 4.78 is 24.9. The number of benzene rings is 8. The van der Waals surface area contributed by atoms with Crippen molar-refractivity contribution in [2.24, 2.45) is 0 Å². The second-order valence-corrected chi connectivity index (χ2v) is 17.8. The normalized spacial score (nSPS) is 16.7. The summed E-state index contributed by atoms with van der Waals surface area (Å²) in [5, 5.41) is 8.30. The number of para-hydroxylation sites is 5. The molecular formula is C60H38N2O3. The Kier molecular flexibility index (Phi) is 7.11. The van der Waals surface area contributed by atoms with Crippen molar-refractivity contribution >= 4 is 87.8 Å². The molecule has 12 aromatic rings. The topological polar surface area (TPSA) is 45.4 Å². The van der Waals surface area contributed by atoms with Crippen LogP contribution in [0.3, 0.4) is 0 Å². The Morgan fingerprint density at radius 2 is 1.20 bits per heavy atom. The summed E-state index contributed by atoms with van der Waals surface area (Å²) in [6.07, 6.45) is 10.8. The van der Waals surface area contributed by atoms with Crippen molar-refractivity contribution in [2.75, 3.05) is 0 Å². The highest BCUT2D eigenvalue weighted by Crippen LogP contribution is 2.48. The molecule has 5 heteroatoms. The minimum atomic E-state index is -0.0409. The molecule has 0 fully saturated rings. The fraction of sp³-hybridized carbons (Fsp3) is 0.0667. The van der Waals surface area contributed by atoms with Crippen molar-refractivity contribution in [3.05, 3.63) is 217 Å². The van der Waals surface area contributed by atoms with Crippen molar-refractivity contribution in [2.45, 2.75) is 24.9 Å². The van der Waals surface area contributed by atoms with Gasteiger partial charge in [0.1, 0.15) is 28.6 Å². The fourth-order valence-electron chi connectivity index (χ4n) is 11.5. The lowest BCUT2D eigenvalue weighted by atomic mass is 9.84. The number of furan rings is 2. The van der Waals surface area contributed by atoms with Gasteiger partial charge in [0.15, 0.2) is 5.76 Å². The maximum absolute atomic E-state index is 6.95. The number of fused-ring (bicyclic) bond motifs is 15. The number of ether oxygens (including phenoxy) is 1. The Hall–Kier alpha value is -8.28. The predicted molar refractivity (Wildman–Crippen MR) is 265 cm³/mol. The summed E-state index contributed by atoms with van der Waals surface area (Å²) in [5.41, 5.74) is 16.7. The van der Waals surface area contributed by atoms with Crippen molar-refractivity contribution in [1.82, 2.24) is 9.13 Å². The van der Waals surface area contributed by atoms with Gasteiger partial charge < -0.3 is 22.7 Å². The van der Waals surface area contributed by atoms with Gasteiger partial charge in [-0.3, -0.25) is 0 Å². The van der Waals surface area contributed by atoms with Crippen LogP contribution in [0.1, 0.15) is 34.8 Å². The minimum absolute atomic E-state index is 0.0409. The maximum Gasteiger partial charge on any atom is 0.155 e. The Balaban J connectivity index is 0.844. The molecule has 65 heavy (non-hydrogen) atoms. The lowest BCUT2D eigenvalue weighted by molar-refractivity contribution is 0.278. The van der Waals surface area contributed by atoms with Crippen LogP contribution in [0.15, 0.2) is 203 Å². The lowest BCUT2D eigenvalue weighted by Gasteiger charge is -2.23. The van der Waals surface area contributed by atoms with Crippen LogP contribution >= 0.6 is 0 Å². The molecule has 0 radical (unpaired) electrons. The van der Waals surface area contributed by atoms with E-state index in [1.54, 1.807) is 0 Å². The lowest BCUT2D eigenvalue weighted by Crippen LogP contribution is -2.21. The van der Waals surface area contributed by atoms with Crippen LogP contribution in [0.2, 0.25) is 0 Å². The standard InChI is InChI=1S/C60H38N2O3/c1-5-21-50-40(12-1)47-32-35(38-16-9-18-44-42-14-3-7-24-55(42)63-58(38)44)26-29-52(47)61(50)37-28-31-57-49(34-37)46-20-11-23-54(60(46)65-57)62-51-22-6-2-13-41(51)48-33-36(27-30-53(48)62)39-17-10-19-45-43-15-4-8-25-56(43)64-59(39)45/h1-10,12-19,21-34,44,58H,11,20H2. The first-order valence-electron chi connectivity index (χ1n) is 22.6. The number of allylic oxidation sites excluding steroid dienone is 3. The highest BCUT2D eigenvalue weighted by Gasteiger charge is 2.37. The average Bonchev–Trinajstić information content (AvgIpc) is 4.18. The Morgan fingerprint density at radius 3 is 2.08 bits per heavy atom. The first kappa shape index (κ1) is 35.2. The summed E-state index contributed by atoms with van der Waals surface area (Å²) in [6.45, 7) is 0. The Labute approximate surface area is 373 Å². The van der Waals surface area contributed by atoms with Gasteiger partial charge in [0.05, 0.1) is 27.8 Å². The summed E-state index contributed by atoms with van der Waals surface area (Å²) in [7, 11) is 0. The minimum Gasteiger partial charge on any atom is -0.484 e. The van der Waals surface area contributed by atoms with Gasteiger partial charge in [-0.05, 0) is 90.7 Å². The number of aryl methyl sites for hydroxylation is 1. The molecule has 0 saturated carbocycles. The number of aromatic nitrogens is 2. The molecule has 2 unspecified atom stereocenters. The van der Waals surface area contributed by atoms with Gasteiger partial charge in [0.25, 0.3) is 0 Å². The zero-order valence-electron chi connectivity index (χ0n) is 35.2. The van der Waals surface area contributed by atoms with Crippen LogP contribution in [0.4, 0.5) is 0 Å². The molecule has 2 aliphatic carbocycles. The SMILES string of the molecule is C1=CC2c3ccccc3OC2C(c2ccc3c(c2)c2ccccc2n3-c2ccc3oc4c(c3c2)CCC=C4n2c3ccccc3c3cc(-c4cccc5c4oc4ccccc45)ccc32)=C1. The van der Waals surface area contributed by atoms with Gasteiger partial charge in [-0.2, -0.15) is 0 Å². The van der Waals surface area contributed by atoms with Crippen molar-refractivity contribution < 1.29 is 13.6 Å². The van der Waals surface area contributed by atoms with E-state index in [1.165, 1.54) is 54.8 Å². The molecule has 8 aromatic carbocycles. The summed E-state index contributed by atoms with van der Waals surface area (Å²) in [4.78, 5) is 0. The van der Waals surface area contributed by atoms with Gasteiger partial charge >= 0.3 is 0 Å². The van der Waals surface area contributed by atoms with E-state index in [1.807, 2.05) is 12.1 Å². The number of nitrogens with zero attached hydrogens (tertiary/aromatic N) is 2. The molecule has 5 nitrogen and oxygen atoms in total. The average molecular weight is 835 g/mol. The second kappa shape index (κ2) is 13.1. The van der Waals surface area contributed by atoms with Crippen LogP contribution in [-0.4, -0.2) is 15.2 Å². The molecule has 0 N–H and O–H groups in total. The largest absolute Gasteiger partial charge is 0.484 e. The molecule has 1 aliphatic heterocycles. The molecular weight excluding hydrogens is 797 g/mol. The van der Waals surface area contributed by atoms with E-state index in [4.69, 9.17) is 13.6 Å². The summed E-state index contributed by atoms with van der Waals surface area (Å²) >= 11 is 0. The summed E-state index contributed by atoms with van der Waals surface area (Å²) in [6, 6.07) is 61.3. The van der Waals surface area contributed by atoms with Crippen molar-refractivity contribution in [3.63, 3.8) is 0 Å². The third kappa shape index (κ3) is 4.92. The summed E-state index contributed by atoms with van der Waals surface area (Å²) in [5.74, 6) is 2.14. The first-order valence-corrected chi connectivity index (χ1v) is 22.6. The predicted octanol–water partition coefficient (Wildman–Crippen LogP) is 15.5. The molecule has 2 atom stereocenters. The van der Waals surface area contributed by atoms with Gasteiger partial charge in [0, 0.05) is 71.6 Å². The smallest absolute Gasteiger partial charge is 0.155 e. The van der Waals surface area contributed by atoms with E-state index in [0.717, 1.165) is 90.8 Å². The Morgan fingerprint density at radius 1 is 0.508 bits per heavy atom. The van der Waals surface area contributed by atoms with Crippen molar-refractivity contribution in [1.29, 1.82) is 0 Å². The van der Waals surface area contributed by atoms with Crippen LogP contribution in [0.5, 0.6) is 5.75 Å². The van der Waals surface area contributed by atoms with Gasteiger partial charge in [-0.1, -0.05) is 127 Å². The molecule has 0 spiro atoms. The van der Waals surface area contributed by atoms with E-state index in [-0.39, 0.29) is 12.0 Å². The fourth-order valence-corrected chi connectivity index (χ4v) is 11.5. The van der Waals surface area contributed by atoms with Crippen LogP contribution in [-0.2, 0) is 6.42 Å². The van der Waals surface area contributed by atoms with Gasteiger partial charge in [-0.15, -0.1) is 0 Å². The van der Waals surface area contributed by atoms with E-state index in [0.29, 0.717) is 0 Å². The molecule has 5 heterocycles. The highest BCUT2D eigenvalue weighted by molar-refractivity contribution is 6.15. The van der Waals surface area contributed by atoms with E-state index in [2.05, 4.69) is 191 Å². The highest BCUT2D eigenvalue weighted by atomic mass is 16.5. The zero-order valence-corrected chi connectivity index (χ0v) is 35.2. The molecule has 4 aromatic heterocycles. The second-order valence-electron chi connectivity index (χ2n) is 17.8. The molecule has 15 rings (SSSR count). The molecule has 0 bridgehead atoms. The van der Waals surface area contributed by atoms with Crippen molar-refractivity contribution in [3.8, 4) is 22.6 Å². The third-order valence-electron chi connectivity index (χ3n) is 14.4. The monoisotopic (exact) mass is 834 g/mol. The van der Waals surface area contributed by atoms with E-state index >= 15 is 0 Å². The maximum atomic E-state index is 6.95. The third-order valence-corrected chi connectivity index (χ3v) is 14.4. The van der Waals surface area contributed by atoms with Gasteiger partial charge in [0.2, 0.25) is 0 Å². The van der Waals surface area contributed by atoms with Crippen LogP contribution in [0.25, 0.3) is 105 Å². The van der Waals surface area contributed by atoms with Crippen LogP contribution in [0, 0.1) is 0 Å². The molecule has 0 saturated heterocycles. The Bertz CT molecular complexity index is 4120. The van der Waals surface area contributed by atoms with Gasteiger partial charge in [-0.25, -0.2) is 0 Å². The van der Waals surface area contributed by atoms with E-state index < -0.39 is 0 Å².